The van der Waals surface area contributed by atoms with Crippen molar-refractivity contribution in [1.29, 1.82) is 16.2 Å². The SMILES string of the molecule is CCC1CCN(C(=N)n2cc(OC3CCC(NC(=O)NC(CC(=N)C(C)(C)C)=Nc4cnn(C)c4)c4ccccc43)ccc2=N)CC1. The summed E-state index contributed by atoms with van der Waals surface area (Å²) in [6, 6.07) is 10.8. The maximum atomic E-state index is 13.4. The fourth-order valence-electron chi connectivity index (χ4n) is 6.11. The Morgan fingerprint density at radius 1 is 1.04 bits per heavy atom. The number of pyridine rings is 1. The Kier molecular flexibility index (Phi) is 10.3. The number of aryl methyl sites for hydroxylation is 1. The van der Waals surface area contributed by atoms with Crippen molar-refractivity contribution in [2.24, 2.45) is 23.4 Å². The number of rotatable bonds is 7. The normalized spacial score (nSPS) is 18.7. The van der Waals surface area contributed by atoms with E-state index < -0.39 is 0 Å². The van der Waals surface area contributed by atoms with Crippen molar-refractivity contribution in [3.63, 3.8) is 0 Å². The van der Waals surface area contributed by atoms with Gasteiger partial charge in [-0.3, -0.25) is 25.4 Å². The van der Waals surface area contributed by atoms with Gasteiger partial charge >= 0.3 is 6.03 Å². The van der Waals surface area contributed by atoms with Crippen LogP contribution >= 0.6 is 0 Å². The van der Waals surface area contributed by atoms with Gasteiger partial charge in [-0.2, -0.15) is 5.10 Å². The molecular weight excluding hydrogens is 592 g/mol. The van der Waals surface area contributed by atoms with E-state index in [0.29, 0.717) is 47.7 Å². The first-order chi connectivity index (χ1) is 22.4. The molecule has 0 radical (unpaired) electrons. The summed E-state index contributed by atoms with van der Waals surface area (Å²) in [5.74, 6) is 1.98. The lowest BCUT2D eigenvalue weighted by atomic mass is 9.85. The van der Waals surface area contributed by atoms with Crippen LogP contribution in [-0.4, -0.2) is 55.9 Å². The van der Waals surface area contributed by atoms with Crippen LogP contribution in [0.4, 0.5) is 10.5 Å². The molecule has 0 spiro atoms. The van der Waals surface area contributed by atoms with Crippen molar-refractivity contribution >= 4 is 29.2 Å². The largest absolute Gasteiger partial charge is 0.484 e. The van der Waals surface area contributed by atoms with Crippen LogP contribution in [0.25, 0.3) is 0 Å². The van der Waals surface area contributed by atoms with E-state index in [2.05, 4.69) is 27.6 Å². The number of piperidine rings is 1. The molecule has 3 aromatic rings. The number of amides is 2. The molecule has 0 saturated carbocycles. The summed E-state index contributed by atoms with van der Waals surface area (Å²) in [7, 11) is 1.80. The first kappa shape index (κ1) is 33.6. The highest BCUT2D eigenvalue weighted by molar-refractivity contribution is 6.09. The summed E-state index contributed by atoms with van der Waals surface area (Å²) < 4.78 is 9.75. The number of fused-ring (bicyclic) bond motifs is 1. The maximum absolute atomic E-state index is 13.4. The summed E-state index contributed by atoms with van der Waals surface area (Å²) in [6.07, 6.45) is 9.69. The van der Waals surface area contributed by atoms with Crippen molar-refractivity contribution in [3.8, 4) is 5.75 Å². The van der Waals surface area contributed by atoms with E-state index in [-0.39, 0.29) is 35.5 Å². The van der Waals surface area contributed by atoms with Gasteiger partial charge in [0.1, 0.15) is 28.9 Å². The van der Waals surface area contributed by atoms with E-state index in [1.807, 2.05) is 49.9 Å². The van der Waals surface area contributed by atoms with Crippen LogP contribution in [0.15, 0.2) is 60.0 Å². The minimum absolute atomic E-state index is 0.203. The first-order valence-corrected chi connectivity index (χ1v) is 16.5. The highest BCUT2D eigenvalue weighted by Crippen LogP contribution is 2.38. The fraction of sp³-hybridized carbons (Fsp3) is 0.486. The molecule has 2 amide bonds. The fourth-order valence-corrected chi connectivity index (χ4v) is 6.11. The zero-order valence-corrected chi connectivity index (χ0v) is 28.1. The molecular formula is C35H48N10O2. The van der Waals surface area contributed by atoms with Gasteiger partial charge in [0.15, 0.2) is 0 Å². The number of ether oxygens (including phenoxy) is 1. The van der Waals surface area contributed by atoms with Crippen molar-refractivity contribution in [3.05, 3.63) is 71.6 Å². The molecule has 2 aliphatic rings. The molecule has 5 rings (SSSR count). The Hall–Kier alpha value is -4.74. The van der Waals surface area contributed by atoms with E-state index in [0.717, 1.165) is 43.5 Å². The molecule has 2 aromatic heterocycles. The van der Waals surface area contributed by atoms with Gasteiger partial charge in [0, 0.05) is 32.3 Å². The van der Waals surface area contributed by atoms with Crippen LogP contribution in [0, 0.1) is 27.6 Å². The lowest BCUT2D eigenvalue weighted by molar-refractivity contribution is 0.170. The topological polar surface area (TPSA) is 160 Å². The third-order valence-electron chi connectivity index (χ3n) is 9.12. The number of nitrogens with one attached hydrogen (secondary N) is 5. The van der Waals surface area contributed by atoms with Gasteiger partial charge in [-0.15, -0.1) is 0 Å². The molecule has 0 bridgehead atoms. The van der Waals surface area contributed by atoms with Crippen LogP contribution in [0.3, 0.4) is 0 Å². The third kappa shape index (κ3) is 8.35. The molecule has 12 nitrogen and oxygen atoms in total. The van der Waals surface area contributed by atoms with Crippen LogP contribution in [-0.2, 0) is 7.05 Å². The van der Waals surface area contributed by atoms with E-state index >= 15 is 0 Å². The number of aliphatic imine (C=N–C) groups is 1. The Morgan fingerprint density at radius 3 is 2.43 bits per heavy atom. The van der Waals surface area contributed by atoms with Crippen LogP contribution in [0.2, 0.25) is 0 Å². The van der Waals surface area contributed by atoms with E-state index in [1.54, 1.807) is 47.0 Å². The second-order valence-electron chi connectivity index (χ2n) is 13.6. The Morgan fingerprint density at radius 2 is 1.77 bits per heavy atom. The number of carbonyl (C=O) groups excluding carboxylic acids is 1. The molecule has 2 atom stereocenters. The summed E-state index contributed by atoms with van der Waals surface area (Å²) in [6.45, 7) is 9.77. The number of nitrogens with zero attached hydrogens (tertiary/aromatic N) is 5. The van der Waals surface area contributed by atoms with Crippen LogP contribution in [0.5, 0.6) is 5.75 Å². The quantitative estimate of drug-likeness (QED) is 0.157. The van der Waals surface area contributed by atoms with Gasteiger partial charge in [0.25, 0.3) is 0 Å². The van der Waals surface area contributed by atoms with Gasteiger partial charge in [-0.05, 0) is 60.3 Å². The lowest BCUT2D eigenvalue weighted by Gasteiger charge is -2.34. The minimum atomic E-state index is -0.387. The zero-order valence-electron chi connectivity index (χ0n) is 28.1. The molecule has 1 aromatic carbocycles. The summed E-state index contributed by atoms with van der Waals surface area (Å²) >= 11 is 0. The van der Waals surface area contributed by atoms with Gasteiger partial charge in [0.2, 0.25) is 5.96 Å². The van der Waals surface area contributed by atoms with Crippen molar-refractivity contribution < 1.29 is 9.53 Å². The smallest absolute Gasteiger partial charge is 0.320 e. The van der Waals surface area contributed by atoms with Crippen molar-refractivity contribution in [2.75, 3.05) is 13.1 Å². The molecule has 3 heterocycles. The number of benzene rings is 1. The van der Waals surface area contributed by atoms with Gasteiger partial charge in [0.05, 0.1) is 24.6 Å². The first-order valence-electron chi connectivity index (χ1n) is 16.5. The highest BCUT2D eigenvalue weighted by Gasteiger charge is 2.30. The number of urea groups is 1. The molecule has 1 fully saturated rings. The number of amidine groups is 1. The second-order valence-corrected chi connectivity index (χ2v) is 13.6. The van der Waals surface area contributed by atoms with Gasteiger partial charge in [-0.25, -0.2) is 9.79 Å². The molecule has 12 heteroatoms. The molecule has 2 unspecified atom stereocenters. The average molecular weight is 641 g/mol. The van der Waals surface area contributed by atoms with Crippen molar-refractivity contribution in [1.82, 2.24) is 29.9 Å². The molecule has 47 heavy (non-hydrogen) atoms. The van der Waals surface area contributed by atoms with Crippen LogP contribution in [0.1, 0.15) is 89.5 Å². The Bertz CT molecular complexity index is 1690. The average Bonchev–Trinajstić information content (AvgIpc) is 3.46. The van der Waals surface area contributed by atoms with E-state index in [9.17, 15) is 4.79 Å². The third-order valence-corrected chi connectivity index (χ3v) is 9.12. The number of hydrogen-bond acceptors (Lipinski definition) is 7. The van der Waals surface area contributed by atoms with E-state index in [1.165, 1.54) is 0 Å². The molecule has 1 aliphatic carbocycles. The predicted octanol–water partition coefficient (Wildman–Crippen LogP) is 6.05. The molecule has 1 saturated heterocycles. The monoisotopic (exact) mass is 640 g/mol. The predicted molar refractivity (Wildman–Crippen MR) is 184 cm³/mol. The second kappa shape index (κ2) is 14.4. The Labute approximate surface area is 276 Å². The number of likely N-dealkylation sites (tertiary alicyclic amines) is 1. The minimum Gasteiger partial charge on any atom is -0.484 e. The molecule has 1 aliphatic heterocycles. The van der Waals surface area contributed by atoms with Crippen molar-refractivity contribution in [2.45, 2.75) is 78.4 Å². The van der Waals surface area contributed by atoms with Gasteiger partial charge < -0.3 is 20.4 Å². The van der Waals surface area contributed by atoms with E-state index in [4.69, 9.17) is 21.0 Å². The van der Waals surface area contributed by atoms with Crippen LogP contribution < -0.4 is 20.9 Å². The van der Waals surface area contributed by atoms with Gasteiger partial charge in [-0.1, -0.05) is 58.4 Å². The number of aromatic nitrogens is 3. The maximum Gasteiger partial charge on any atom is 0.320 e. The number of carbonyl (C=O) groups is 1. The standard InChI is InChI=1S/C35H48N10O2/c1-6-23-15-17-44(18-16-23)33(38)45-22-25(11-14-31(45)37)47-29-13-12-28(26-9-7-8-10-27(26)29)41-34(46)42-32(19-30(36)35(2,3)4)40-24-20-39-43(5)21-24/h7-11,14,20-23,28-29,36-38H,6,12-13,15-19H2,1-5H3,(H2,40,41,42,46). The Balaban J connectivity index is 1.28. The summed E-state index contributed by atoms with van der Waals surface area (Å²) in [5.41, 5.74) is 2.90. The molecule has 5 N–H and O–H groups in total. The zero-order chi connectivity index (χ0) is 33.7. The number of hydrogen-bond donors (Lipinski definition) is 5. The lowest BCUT2D eigenvalue weighted by Crippen LogP contribution is -2.44. The highest BCUT2D eigenvalue weighted by atomic mass is 16.5. The molecule has 250 valence electrons. The summed E-state index contributed by atoms with van der Waals surface area (Å²) in [5, 5.41) is 36.1. The summed E-state index contributed by atoms with van der Waals surface area (Å²) in [4.78, 5) is 20.0.